The van der Waals surface area contributed by atoms with Crippen LogP contribution in [0.25, 0.3) is 0 Å². The fourth-order valence-electron chi connectivity index (χ4n) is 1.90. The first-order valence-corrected chi connectivity index (χ1v) is 8.06. The smallest absolute Gasteiger partial charge is 0.328 e. The molecule has 0 aliphatic heterocycles. The molecule has 1 fully saturated rings. The van der Waals surface area contributed by atoms with E-state index in [2.05, 4.69) is 13.9 Å². The number of rotatable bonds is 4. The van der Waals surface area contributed by atoms with Crippen LogP contribution in [0.1, 0.15) is 42.6 Å². The van der Waals surface area contributed by atoms with Crippen molar-refractivity contribution in [3.63, 3.8) is 0 Å². The summed E-state index contributed by atoms with van der Waals surface area (Å²) in [5.74, 6) is -0.945. The van der Waals surface area contributed by atoms with E-state index < -0.39 is 16.3 Å². The number of nitrogens with one attached hydrogen (secondary N) is 1. The van der Waals surface area contributed by atoms with E-state index in [-0.39, 0.29) is 11.7 Å². The van der Waals surface area contributed by atoms with Crippen molar-refractivity contribution in [3.05, 3.63) is 16.6 Å². The van der Waals surface area contributed by atoms with Crippen LogP contribution in [0.15, 0.2) is 10.9 Å². The van der Waals surface area contributed by atoms with Crippen LogP contribution in [0, 0.1) is 0 Å². The lowest BCUT2D eigenvalue weighted by molar-refractivity contribution is 0.0737. The highest BCUT2D eigenvalue weighted by atomic mass is 32.2. The van der Waals surface area contributed by atoms with Gasteiger partial charge in [0.05, 0.1) is 5.51 Å². The zero-order chi connectivity index (χ0) is 13.0. The summed E-state index contributed by atoms with van der Waals surface area (Å²) in [6, 6.07) is -0.132. The Balaban J connectivity index is 1.92. The van der Waals surface area contributed by atoms with Crippen molar-refractivity contribution in [2.75, 3.05) is 0 Å². The molecule has 1 aromatic rings. The van der Waals surface area contributed by atoms with E-state index >= 15 is 0 Å². The third kappa shape index (κ3) is 3.76. The van der Waals surface area contributed by atoms with Crippen LogP contribution < -0.4 is 4.72 Å². The normalized spacial score (nSPS) is 17.6. The molecule has 1 N–H and O–H groups in total. The highest BCUT2D eigenvalue weighted by molar-refractivity contribution is 7.85. The molecule has 18 heavy (non-hydrogen) atoms. The van der Waals surface area contributed by atoms with E-state index in [4.69, 9.17) is 0 Å². The molecule has 0 saturated heterocycles. The van der Waals surface area contributed by atoms with Crippen LogP contribution in [0.2, 0.25) is 0 Å². The highest BCUT2D eigenvalue weighted by Gasteiger charge is 2.24. The second-order valence-electron chi connectivity index (χ2n) is 4.15. The molecule has 0 unspecified atom stereocenters. The third-order valence-electron chi connectivity index (χ3n) is 2.74. The Labute approximate surface area is 110 Å². The van der Waals surface area contributed by atoms with Crippen LogP contribution in [-0.2, 0) is 14.5 Å². The lowest BCUT2D eigenvalue weighted by Crippen LogP contribution is -2.38. The second-order valence-corrected chi connectivity index (χ2v) is 6.18. The number of hydrogen-bond donors (Lipinski definition) is 1. The molecule has 0 atom stereocenters. The van der Waals surface area contributed by atoms with Gasteiger partial charge in [0.1, 0.15) is 0 Å². The van der Waals surface area contributed by atoms with Gasteiger partial charge in [-0.15, -0.1) is 11.3 Å². The lowest BCUT2D eigenvalue weighted by Gasteiger charge is -2.21. The Kier molecular flexibility index (Phi) is 4.31. The van der Waals surface area contributed by atoms with Gasteiger partial charge in [0.2, 0.25) is 0 Å². The lowest BCUT2D eigenvalue weighted by atomic mass is 9.96. The summed E-state index contributed by atoms with van der Waals surface area (Å²) in [5, 5.41) is 1.44. The minimum atomic E-state index is -4.04. The van der Waals surface area contributed by atoms with Crippen LogP contribution in [0.4, 0.5) is 0 Å². The van der Waals surface area contributed by atoms with Crippen molar-refractivity contribution in [2.24, 2.45) is 0 Å². The first-order valence-electron chi connectivity index (χ1n) is 5.71. The SMILES string of the molecule is O=C(OS(=O)(=O)NC1CCCCC1)c1cscn1. The number of nitrogens with zero attached hydrogens (tertiary/aromatic N) is 1. The van der Waals surface area contributed by atoms with E-state index in [1.807, 2.05) is 0 Å². The monoisotopic (exact) mass is 290 g/mol. The molecule has 0 amide bonds. The number of thiazole rings is 1. The molecule has 6 nitrogen and oxygen atoms in total. The molecule has 0 bridgehead atoms. The van der Waals surface area contributed by atoms with Crippen molar-refractivity contribution in [1.82, 2.24) is 9.71 Å². The average Bonchev–Trinajstić information content (AvgIpc) is 2.82. The summed E-state index contributed by atoms with van der Waals surface area (Å²) in [6.45, 7) is 0. The number of hydrogen-bond acceptors (Lipinski definition) is 6. The van der Waals surface area contributed by atoms with E-state index in [0.29, 0.717) is 0 Å². The molecular weight excluding hydrogens is 276 g/mol. The van der Waals surface area contributed by atoms with Gasteiger partial charge < -0.3 is 4.18 Å². The highest BCUT2D eigenvalue weighted by Crippen LogP contribution is 2.18. The van der Waals surface area contributed by atoms with Crippen LogP contribution in [0.3, 0.4) is 0 Å². The summed E-state index contributed by atoms with van der Waals surface area (Å²) in [6.07, 6.45) is 4.68. The summed E-state index contributed by atoms with van der Waals surface area (Å²) in [5.41, 5.74) is 1.45. The Hall–Kier alpha value is -0.990. The predicted molar refractivity (Wildman–Crippen MR) is 66.5 cm³/mol. The first kappa shape index (κ1) is 13.4. The van der Waals surface area contributed by atoms with E-state index in [0.717, 1.165) is 32.1 Å². The fourth-order valence-corrected chi connectivity index (χ4v) is 3.40. The molecule has 0 spiro atoms. The minimum absolute atomic E-state index is 0.00835. The molecule has 1 aliphatic rings. The predicted octanol–water partition coefficient (Wildman–Crippen LogP) is 1.47. The Morgan fingerprint density at radius 1 is 1.39 bits per heavy atom. The maximum absolute atomic E-state index is 11.6. The van der Waals surface area contributed by atoms with Crippen molar-refractivity contribution >= 4 is 27.6 Å². The number of carbonyl (C=O) groups excluding carboxylic acids is 1. The minimum Gasteiger partial charge on any atom is -0.328 e. The zero-order valence-corrected chi connectivity index (χ0v) is 11.3. The Morgan fingerprint density at radius 2 is 2.11 bits per heavy atom. The van der Waals surface area contributed by atoms with Crippen LogP contribution in [0.5, 0.6) is 0 Å². The third-order valence-corrected chi connectivity index (χ3v) is 4.32. The van der Waals surface area contributed by atoms with Gasteiger partial charge in [0, 0.05) is 11.4 Å². The molecule has 2 rings (SSSR count). The van der Waals surface area contributed by atoms with E-state index in [1.54, 1.807) is 0 Å². The van der Waals surface area contributed by atoms with Crippen LogP contribution >= 0.6 is 11.3 Å². The summed E-state index contributed by atoms with van der Waals surface area (Å²) in [4.78, 5) is 15.2. The van der Waals surface area contributed by atoms with Gasteiger partial charge in [0.15, 0.2) is 5.69 Å². The zero-order valence-electron chi connectivity index (χ0n) is 9.66. The molecule has 1 aliphatic carbocycles. The molecule has 0 aromatic carbocycles. The van der Waals surface area contributed by atoms with Crippen molar-refractivity contribution in [1.29, 1.82) is 0 Å². The topological polar surface area (TPSA) is 85.4 Å². The molecule has 0 radical (unpaired) electrons. The summed E-state index contributed by atoms with van der Waals surface area (Å²) in [7, 11) is -4.04. The van der Waals surface area contributed by atoms with Gasteiger partial charge in [-0.2, -0.15) is 13.1 Å². The fraction of sp³-hybridized carbons (Fsp3) is 0.600. The van der Waals surface area contributed by atoms with Crippen molar-refractivity contribution in [3.8, 4) is 0 Å². The number of aromatic nitrogens is 1. The van der Waals surface area contributed by atoms with E-state index in [9.17, 15) is 13.2 Å². The quantitative estimate of drug-likeness (QED) is 0.907. The van der Waals surface area contributed by atoms with Gasteiger partial charge in [-0.1, -0.05) is 19.3 Å². The van der Waals surface area contributed by atoms with Crippen molar-refractivity contribution < 1.29 is 17.4 Å². The molecule has 1 aromatic heterocycles. The summed E-state index contributed by atoms with van der Waals surface area (Å²) >= 11 is 1.20. The largest absolute Gasteiger partial charge is 0.385 e. The molecule has 1 saturated carbocycles. The van der Waals surface area contributed by atoms with Gasteiger partial charge in [-0.05, 0) is 12.8 Å². The molecule has 8 heteroatoms. The Morgan fingerprint density at radius 3 is 2.72 bits per heavy atom. The maximum atomic E-state index is 11.6. The van der Waals surface area contributed by atoms with Gasteiger partial charge in [-0.25, -0.2) is 9.78 Å². The number of carbonyl (C=O) groups is 1. The second kappa shape index (κ2) is 5.77. The Bertz CT molecular complexity index is 492. The molecule has 1 heterocycles. The molecule has 100 valence electrons. The first-order chi connectivity index (χ1) is 8.57. The van der Waals surface area contributed by atoms with Gasteiger partial charge in [-0.3, -0.25) is 0 Å². The van der Waals surface area contributed by atoms with E-state index in [1.165, 1.54) is 22.2 Å². The average molecular weight is 290 g/mol. The maximum Gasteiger partial charge on any atom is 0.385 e. The van der Waals surface area contributed by atoms with Crippen LogP contribution in [-0.4, -0.2) is 25.4 Å². The van der Waals surface area contributed by atoms with Gasteiger partial charge in [0.25, 0.3) is 0 Å². The molecular formula is C10H14N2O4S2. The van der Waals surface area contributed by atoms with Crippen molar-refractivity contribution in [2.45, 2.75) is 38.1 Å². The summed E-state index contributed by atoms with van der Waals surface area (Å²) < 4.78 is 30.1. The van der Waals surface area contributed by atoms with Gasteiger partial charge >= 0.3 is 16.3 Å². The standard InChI is InChI=1S/C10H14N2O4S2/c13-10(9-6-17-7-11-9)16-18(14,15)12-8-4-2-1-3-5-8/h6-8,12H,1-5H2.